The molecule has 5 nitrogen and oxygen atoms in total. The summed E-state index contributed by atoms with van der Waals surface area (Å²) in [4.78, 5) is 15.2. The monoisotopic (exact) mass is 258 g/mol. The third-order valence-electron chi connectivity index (χ3n) is 2.42. The van der Waals surface area contributed by atoms with E-state index >= 15 is 0 Å². The summed E-state index contributed by atoms with van der Waals surface area (Å²) in [7, 11) is 0. The molecule has 0 aliphatic carbocycles. The average Bonchev–Trinajstić information content (AvgIpc) is 2.56. The second-order valence-corrected chi connectivity index (χ2v) is 3.69. The molecule has 2 aromatic heterocycles. The number of nitrogens with zero attached hydrogens (tertiary/aromatic N) is 2. The van der Waals surface area contributed by atoms with Gasteiger partial charge in [-0.1, -0.05) is 0 Å². The highest BCUT2D eigenvalue weighted by Gasteiger charge is 2.30. The highest BCUT2D eigenvalue weighted by molar-refractivity contribution is 5.42. The fourth-order valence-electron chi connectivity index (χ4n) is 1.41. The zero-order valence-electron chi connectivity index (χ0n) is 9.25. The number of hydrogen-bond acceptors (Lipinski definition) is 3. The first kappa shape index (κ1) is 12.2. The van der Waals surface area contributed by atoms with Crippen LogP contribution in [0.3, 0.4) is 0 Å². The van der Waals surface area contributed by atoms with E-state index in [9.17, 15) is 18.0 Å². The van der Waals surface area contributed by atoms with E-state index < -0.39 is 17.3 Å². The Morgan fingerprint density at radius 1 is 1.39 bits per heavy atom. The molecule has 0 radical (unpaired) electrons. The van der Waals surface area contributed by atoms with Gasteiger partial charge < -0.3 is 5.73 Å². The van der Waals surface area contributed by atoms with E-state index in [2.05, 4.69) is 10.1 Å². The molecule has 0 spiro atoms. The third kappa shape index (κ3) is 1.96. The van der Waals surface area contributed by atoms with Gasteiger partial charge in [-0.25, -0.2) is 4.98 Å². The first-order chi connectivity index (χ1) is 8.30. The maximum Gasteiger partial charge on any atom is 0.417 e. The molecule has 0 saturated carbocycles. The van der Waals surface area contributed by atoms with Crippen molar-refractivity contribution in [2.45, 2.75) is 13.1 Å². The Kier molecular flexibility index (Phi) is 2.64. The maximum atomic E-state index is 12.3. The molecule has 96 valence electrons. The van der Waals surface area contributed by atoms with Gasteiger partial charge in [-0.3, -0.25) is 9.89 Å². The van der Waals surface area contributed by atoms with Crippen molar-refractivity contribution in [3.8, 4) is 5.82 Å². The van der Waals surface area contributed by atoms with Crippen LogP contribution in [0.1, 0.15) is 11.3 Å². The molecule has 2 heterocycles. The largest absolute Gasteiger partial charge is 0.417 e. The second-order valence-electron chi connectivity index (χ2n) is 3.69. The van der Waals surface area contributed by atoms with Crippen LogP contribution in [0.15, 0.2) is 23.1 Å². The van der Waals surface area contributed by atoms with E-state index in [1.807, 2.05) is 0 Å². The Morgan fingerprint density at radius 2 is 2.06 bits per heavy atom. The third-order valence-corrected chi connectivity index (χ3v) is 2.42. The molecule has 2 rings (SSSR count). The fraction of sp³-hybridized carbons (Fsp3) is 0.200. The summed E-state index contributed by atoms with van der Waals surface area (Å²) in [5, 5.41) is 2.62. The average molecular weight is 258 g/mol. The quantitative estimate of drug-likeness (QED) is 0.813. The molecule has 0 atom stereocenters. The number of aryl methyl sites for hydroxylation is 1. The van der Waals surface area contributed by atoms with Crippen molar-refractivity contribution in [3.63, 3.8) is 0 Å². The summed E-state index contributed by atoms with van der Waals surface area (Å²) in [5.74, 6) is 0.0489. The molecule has 3 N–H and O–H groups in total. The molecule has 0 bridgehead atoms. The van der Waals surface area contributed by atoms with Gasteiger partial charge in [-0.2, -0.15) is 17.9 Å². The predicted octanol–water partition coefficient (Wildman–Crippen LogP) is 1.47. The molecule has 0 aromatic carbocycles. The lowest BCUT2D eigenvalue weighted by Crippen LogP contribution is -2.18. The van der Waals surface area contributed by atoms with Gasteiger partial charge in [0.05, 0.1) is 11.3 Å². The molecule has 0 unspecified atom stereocenters. The van der Waals surface area contributed by atoms with Crippen molar-refractivity contribution in [2.75, 3.05) is 5.73 Å². The summed E-state index contributed by atoms with van der Waals surface area (Å²) in [6, 6.07) is 1.95. The zero-order valence-corrected chi connectivity index (χ0v) is 9.25. The Bertz CT molecular complexity index is 624. The van der Waals surface area contributed by atoms with Gasteiger partial charge in [0.2, 0.25) is 0 Å². The van der Waals surface area contributed by atoms with Crippen molar-refractivity contribution in [2.24, 2.45) is 0 Å². The molecular formula is C10H9F3N4O. The van der Waals surface area contributed by atoms with Gasteiger partial charge in [0.25, 0.3) is 5.56 Å². The van der Waals surface area contributed by atoms with Crippen LogP contribution in [0.5, 0.6) is 0 Å². The van der Waals surface area contributed by atoms with E-state index in [4.69, 9.17) is 5.73 Å². The lowest BCUT2D eigenvalue weighted by molar-refractivity contribution is -0.137. The van der Waals surface area contributed by atoms with E-state index in [1.54, 1.807) is 6.92 Å². The summed E-state index contributed by atoms with van der Waals surface area (Å²) in [6.45, 7) is 1.58. The van der Waals surface area contributed by atoms with Gasteiger partial charge in [-0.05, 0) is 19.1 Å². The molecule has 0 aliphatic rings. The Labute approximate surface area is 99.0 Å². The first-order valence-corrected chi connectivity index (χ1v) is 4.91. The SMILES string of the molecule is Cc1[nH]n(-c2ccc(C(F)(F)F)cn2)c(=O)c1N. The maximum absolute atomic E-state index is 12.3. The number of aromatic nitrogens is 3. The van der Waals surface area contributed by atoms with Crippen molar-refractivity contribution in [3.05, 3.63) is 39.9 Å². The summed E-state index contributed by atoms with van der Waals surface area (Å²) >= 11 is 0. The first-order valence-electron chi connectivity index (χ1n) is 4.91. The highest BCUT2D eigenvalue weighted by atomic mass is 19.4. The number of rotatable bonds is 1. The number of hydrogen-bond donors (Lipinski definition) is 2. The normalized spacial score (nSPS) is 11.8. The molecule has 0 amide bonds. The predicted molar refractivity (Wildman–Crippen MR) is 58.3 cm³/mol. The molecule has 2 aromatic rings. The minimum absolute atomic E-state index is 0.0108. The van der Waals surface area contributed by atoms with E-state index in [1.165, 1.54) is 0 Å². The lowest BCUT2D eigenvalue weighted by atomic mass is 10.3. The van der Waals surface area contributed by atoms with Crippen molar-refractivity contribution < 1.29 is 13.2 Å². The Balaban J connectivity index is 2.47. The van der Waals surface area contributed by atoms with E-state index in [0.717, 1.165) is 16.8 Å². The lowest BCUT2D eigenvalue weighted by Gasteiger charge is -2.06. The van der Waals surface area contributed by atoms with E-state index in [0.29, 0.717) is 11.9 Å². The molecule has 0 saturated heterocycles. The molecule has 8 heteroatoms. The van der Waals surface area contributed by atoms with Crippen molar-refractivity contribution in [1.82, 2.24) is 14.8 Å². The number of halogens is 3. The second kappa shape index (κ2) is 3.90. The van der Waals surface area contributed by atoms with Gasteiger partial charge in [0.1, 0.15) is 5.69 Å². The topological polar surface area (TPSA) is 76.7 Å². The summed E-state index contributed by atoms with van der Waals surface area (Å²) in [6.07, 6.45) is -3.80. The van der Waals surface area contributed by atoms with Gasteiger partial charge >= 0.3 is 6.18 Å². The summed E-state index contributed by atoms with van der Waals surface area (Å²) in [5.41, 5.74) is 4.49. The number of alkyl halides is 3. The molecular weight excluding hydrogens is 249 g/mol. The number of anilines is 1. The van der Waals surface area contributed by atoms with E-state index in [-0.39, 0.29) is 11.5 Å². The number of nitrogens with two attached hydrogens (primary N) is 1. The van der Waals surface area contributed by atoms with Crippen LogP contribution in [-0.2, 0) is 6.18 Å². The van der Waals surface area contributed by atoms with Gasteiger partial charge in [-0.15, -0.1) is 0 Å². The number of nitrogens with one attached hydrogen (secondary N) is 1. The van der Waals surface area contributed by atoms with Crippen LogP contribution >= 0.6 is 0 Å². The van der Waals surface area contributed by atoms with Crippen LogP contribution in [0.2, 0.25) is 0 Å². The van der Waals surface area contributed by atoms with Crippen LogP contribution in [-0.4, -0.2) is 14.8 Å². The Morgan fingerprint density at radius 3 is 2.44 bits per heavy atom. The molecule has 0 fully saturated rings. The van der Waals surface area contributed by atoms with Gasteiger partial charge in [0.15, 0.2) is 5.82 Å². The number of nitrogen functional groups attached to an aromatic ring is 1. The van der Waals surface area contributed by atoms with Crippen LogP contribution < -0.4 is 11.3 Å². The van der Waals surface area contributed by atoms with Crippen molar-refractivity contribution in [1.29, 1.82) is 0 Å². The van der Waals surface area contributed by atoms with Crippen LogP contribution in [0.4, 0.5) is 18.9 Å². The molecule has 18 heavy (non-hydrogen) atoms. The highest BCUT2D eigenvalue weighted by Crippen LogP contribution is 2.28. The summed E-state index contributed by atoms with van der Waals surface area (Å²) < 4.78 is 38.0. The minimum atomic E-state index is -4.46. The minimum Gasteiger partial charge on any atom is -0.393 e. The zero-order chi connectivity index (χ0) is 13.5. The number of pyridine rings is 1. The smallest absolute Gasteiger partial charge is 0.393 e. The van der Waals surface area contributed by atoms with Crippen LogP contribution in [0, 0.1) is 6.92 Å². The van der Waals surface area contributed by atoms with Crippen molar-refractivity contribution >= 4 is 5.69 Å². The number of aromatic amines is 1. The number of H-pyrrole nitrogens is 1. The Hall–Kier alpha value is -2.25. The molecule has 0 aliphatic heterocycles. The standard InChI is InChI=1S/C10H9F3N4O/c1-5-8(14)9(18)17(16-5)7-3-2-6(4-15-7)10(11,12)13/h2-4,16H,14H2,1H3. The fourth-order valence-corrected chi connectivity index (χ4v) is 1.41. The van der Waals surface area contributed by atoms with Crippen LogP contribution in [0.25, 0.3) is 5.82 Å². The van der Waals surface area contributed by atoms with Gasteiger partial charge in [0, 0.05) is 6.20 Å².